The number of benzene rings is 2. The summed E-state index contributed by atoms with van der Waals surface area (Å²) in [6.07, 6.45) is -3.44. The Morgan fingerprint density at radius 1 is 1.07 bits per heavy atom. The second-order valence-corrected chi connectivity index (χ2v) is 7.46. The van der Waals surface area contributed by atoms with E-state index in [1.807, 2.05) is 0 Å². The Morgan fingerprint density at radius 3 is 2.38 bits per heavy atom. The van der Waals surface area contributed by atoms with Gasteiger partial charge in [-0.2, -0.15) is 0 Å². The number of rotatable bonds is 4. The van der Waals surface area contributed by atoms with Gasteiger partial charge in [-0.3, -0.25) is 0 Å². The number of hydrogen-bond acceptors (Lipinski definition) is 3. The van der Waals surface area contributed by atoms with Crippen LogP contribution in [0.3, 0.4) is 0 Å². The van der Waals surface area contributed by atoms with Crippen LogP contribution in [-0.2, 0) is 17.8 Å². The molecule has 29 heavy (non-hydrogen) atoms. The van der Waals surface area contributed by atoms with Crippen molar-refractivity contribution in [3.8, 4) is 5.75 Å². The lowest BCUT2D eigenvalue weighted by molar-refractivity contribution is -0.898. The van der Waals surface area contributed by atoms with Gasteiger partial charge in [-0.05, 0) is 30.3 Å². The molecule has 2 aliphatic heterocycles. The molecule has 1 amide bonds. The summed E-state index contributed by atoms with van der Waals surface area (Å²) in [5.74, 6) is -1.13. The number of hydrogen-bond donors (Lipinski definition) is 0. The van der Waals surface area contributed by atoms with Crippen molar-refractivity contribution in [1.29, 1.82) is 0 Å². The van der Waals surface area contributed by atoms with Gasteiger partial charge >= 0.3 is 12.3 Å². The van der Waals surface area contributed by atoms with Gasteiger partial charge in [0.1, 0.15) is 36.3 Å². The summed E-state index contributed by atoms with van der Waals surface area (Å²) in [5.41, 5.74) is 1.47. The molecule has 1 atom stereocenters. The fourth-order valence-corrected chi connectivity index (χ4v) is 4.39. The summed E-state index contributed by atoms with van der Waals surface area (Å²) in [7, 11) is 0. The minimum Gasteiger partial charge on any atom is -0.406 e. The third-order valence-corrected chi connectivity index (χ3v) is 5.68. The van der Waals surface area contributed by atoms with E-state index in [1.54, 1.807) is 12.1 Å². The van der Waals surface area contributed by atoms with Crippen LogP contribution in [0.1, 0.15) is 34.3 Å². The lowest BCUT2D eigenvalue weighted by atomic mass is 10.0. The molecule has 2 aromatic carbocycles. The molecule has 8 heteroatoms. The molecule has 0 aliphatic carbocycles. The Hall–Kier alpha value is -2.45. The SMILES string of the molecule is O=C1c2c(F)cccc2C[N+]1(Cc1ccc(OC(F)(F)F)cc1)C1CCOCC1. The molecule has 0 N–H and O–H groups in total. The van der Waals surface area contributed by atoms with E-state index in [2.05, 4.69) is 4.74 Å². The van der Waals surface area contributed by atoms with Gasteiger partial charge < -0.3 is 9.47 Å². The van der Waals surface area contributed by atoms with E-state index in [1.165, 1.54) is 30.3 Å². The van der Waals surface area contributed by atoms with Crippen molar-refractivity contribution in [2.75, 3.05) is 13.2 Å². The molecular formula is C21H20F4NO3+. The largest absolute Gasteiger partial charge is 0.573 e. The Bertz CT molecular complexity index is 907. The van der Waals surface area contributed by atoms with Crippen LogP contribution in [0.15, 0.2) is 42.5 Å². The van der Waals surface area contributed by atoms with Crippen molar-refractivity contribution >= 4 is 5.91 Å². The highest BCUT2D eigenvalue weighted by atomic mass is 19.4. The molecule has 0 aromatic heterocycles. The first kappa shape index (κ1) is 19.8. The van der Waals surface area contributed by atoms with Crippen molar-refractivity contribution in [1.82, 2.24) is 0 Å². The molecule has 1 unspecified atom stereocenters. The molecule has 0 bridgehead atoms. The average Bonchev–Trinajstić information content (AvgIpc) is 2.97. The molecule has 4 nitrogen and oxygen atoms in total. The van der Waals surface area contributed by atoms with E-state index in [0.29, 0.717) is 43.7 Å². The number of carbonyl (C=O) groups excluding carboxylic acids is 1. The highest BCUT2D eigenvalue weighted by molar-refractivity contribution is 5.93. The van der Waals surface area contributed by atoms with Crippen LogP contribution in [0, 0.1) is 5.82 Å². The van der Waals surface area contributed by atoms with Crippen LogP contribution in [0.5, 0.6) is 5.75 Å². The lowest BCUT2D eigenvalue weighted by Gasteiger charge is -2.41. The molecule has 1 saturated heterocycles. The predicted octanol–water partition coefficient (Wildman–Crippen LogP) is 4.57. The highest BCUT2D eigenvalue weighted by Crippen LogP contribution is 2.39. The van der Waals surface area contributed by atoms with Crippen LogP contribution in [-0.4, -0.2) is 36.0 Å². The number of quaternary nitrogens is 1. The topological polar surface area (TPSA) is 35.5 Å². The van der Waals surface area contributed by atoms with E-state index in [9.17, 15) is 22.4 Å². The summed E-state index contributed by atoms with van der Waals surface area (Å²) in [4.78, 5) is 13.4. The van der Waals surface area contributed by atoms with E-state index >= 15 is 0 Å². The lowest BCUT2D eigenvalue weighted by Crippen LogP contribution is -2.56. The summed E-state index contributed by atoms with van der Waals surface area (Å²) in [6, 6.07) is 10.1. The van der Waals surface area contributed by atoms with Crippen molar-refractivity contribution in [3.05, 3.63) is 65.0 Å². The van der Waals surface area contributed by atoms with Gasteiger partial charge in [0.2, 0.25) is 0 Å². The number of alkyl halides is 3. The number of ether oxygens (including phenoxy) is 2. The molecular weight excluding hydrogens is 390 g/mol. The number of halogens is 4. The van der Waals surface area contributed by atoms with Crippen molar-refractivity contribution in [3.63, 3.8) is 0 Å². The third kappa shape index (κ3) is 3.86. The summed E-state index contributed by atoms with van der Waals surface area (Å²) in [6.45, 7) is 1.67. The maximum Gasteiger partial charge on any atom is 0.573 e. The van der Waals surface area contributed by atoms with Gasteiger partial charge in [-0.1, -0.05) is 12.1 Å². The molecule has 2 aromatic rings. The van der Waals surface area contributed by atoms with E-state index in [4.69, 9.17) is 4.74 Å². The van der Waals surface area contributed by atoms with E-state index in [0.717, 1.165) is 0 Å². The molecule has 1 fully saturated rings. The number of amides is 1. The van der Waals surface area contributed by atoms with Crippen LogP contribution < -0.4 is 4.74 Å². The Morgan fingerprint density at radius 2 is 1.76 bits per heavy atom. The van der Waals surface area contributed by atoms with Gasteiger partial charge in [0.25, 0.3) is 0 Å². The van der Waals surface area contributed by atoms with Gasteiger partial charge in [0, 0.05) is 24.0 Å². The highest BCUT2D eigenvalue weighted by Gasteiger charge is 2.52. The fourth-order valence-electron chi connectivity index (χ4n) is 4.39. The first-order valence-corrected chi connectivity index (χ1v) is 9.40. The summed E-state index contributed by atoms with van der Waals surface area (Å²) in [5, 5.41) is 0. The number of nitrogens with zero attached hydrogens (tertiary/aromatic N) is 1. The molecule has 154 valence electrons. The smallest absolute Gasteiger partial charge is 0.406 e. The van der Waals surface area contributed by atoms with Crippen LogP contribution >= 0.6 is 0 Å². The van der Waals surface area contributed by atoms with E-state index < -0.39 is 12.2 Å². The standard InChI is InChI=1S/C21H20F4NO3/c22-18-3-1-2-15-13-26(20(27)19(15)18,16-8-10-28-11-9-16)12-14-4-6-17(7-5-14)29-21(23,24)25/h1-7,16H,8-13H2/q+1. The fraction of sp³-hybridized carbons (Fsp3) is 0.381. The Labute approximate surface area is 165 Å². The maximum atomic E-state index is 14.4. The van der Waals surface area contributed by atoms with Gasteiger partial charge in [-0.15, -0.1) is 13.2 Å². The molecule has 0 saturated carbocycles. The molecule has 0 spiro atoms. The third-order valence-electron chi connectivity index (χ3n) is 5.68. The van der Waals surface area contributed by atoms with Gasteiger partial charge in [0.15, 0.2) is 0 Å². The second-order valence-electron chi connectivity index (χ2n) is 7.46. The number of carbonyl (C=O) groups is 1. The van der Waals surface area contributed by atoms with Crippen molar-refractivity contribution in [2.24, 2.45) is 0 Å². The monoisotopic (exact) mass is 410 g/mol. The zero-order valence-electron chi connectivity index (χ0n) is 15.5. The molecule has 2 aliphatic rings. The first-order chi connectivity index (χ1) is 13.8. The van der Waals surface area contributed by atoms with Gasteiger partial charge in [-0.25, -0.2) is 13.7 Å². The normalized spacial score (nSPS) is 22.6. The maximum absolute atomic E-state index is 14.4. The van der Waals surface area contributed by atoms with Crippen molar-refractivity contribution < 1.29 is 36.3 Å². The van der Waals surface area contributed by atoms with Crippen LogP contribution in [0.25, 0.3) is 0 Å². The molecule has 0 radical (unpaired) electrons. The molecule has 2 heterocycles. The minimum atomic E-state index is -4.76. The Kier molecular flexibility index (Phi) is 5.08. The summed E-state index contributed by atoms with van der Waals surface area (Å²) < 4.78 is 61.0. The summed E-state index contributed by atoms with van der Waals surface area (Å²) >= 11 is 0. The van der Waals surface area contributed by atoms with E-state index in [-0.39, 0.29) is 34.3 Å². The first-order valence-electron chi connectivity index (χ1n) is 9.40. The number of fused-ring (bicyclic) bond motifs is 1. The predicted molar refractivity (Wildman–Crippen MR) is 95.4 cm³/mol. The zero-order valence-corrected chi connectivity index (χ0v) is 15.5. The molecule has 4 rings (SSSR count). The zero-order chi connectivity index (χ0) is 20.6. The minimum absolute atomic E-state index is 0.0269. The average molecular weight is 410 g/mol. The van der Waals surface area contributed by atoms with Gasteiger partial charge in [0.05, 0.1) is 13.2 Å². The van der Waals surface area contributed by atoms with Crippen LogP contribution in [0.2, 0.25) is 0 Å². The quantitative estimate of drug-likeness (QED) is 0.547. The Balaban J connectivity index is 1.66. The van der Waals surface area contributed by atoms with Crippen molar-refractivity contribution in [2.45, 2.75) is 38.3 Å². The van der Waals surface area contributed by atoms with Crippen LogP contribution in [0.4, 0.5) is 17.6 Å². The second kappa shape index (κ2) is 7.42.